The maximum absolute atomic E-state index is 11.3. The van der Waals surface area contributed by atoms with E-state index < -0.39 is 58.6 Å². The van der Waals surface area contributed by atoms with E-state index >= 15 is 0 Å². The zero-order chi connectivity index (χ0) is 28.4. The van der Waals surface area contributed by atoms with Crippen molar-refractivity contribution in [1.82, 2.24) is 0 Å². The second kappa shape index (κ2) is 11.7. The van der Waals surface area contributed by atoms with Crippen LogP contribution in [-0.2, 0) is 32.8 Å². The van der Waals surface area contributed by atoms with Crippen LogP contribution in [0.4, 0.5) is 0 Å². The van der Waals surface area contributed by atoms with Gasteiger partial charge in [-0.1, -0.05) is 26.0 Å². The lowest BCUT2D eigenvalue weighted by atomic mass is 9.85. The highest BCUT2D eigenvalue weighted by Gasteiger charge is 2.48. The Morgan fingerprint density at radius 3 is 1.89 bits per heavy atom. The Kier molecular flexibility index (Phi) is 9.07. The van der Waals surface area contributed by atoms with Crippen molar-refractivity contribution in [1.29, 1.82) is 0 Å². The third-order valence-electron chi connectivity index (χ3n) is 6.39. The van der Waals surface area contributed by atoms with Gasteiger partial charge < -0.3 is 44.3 Å². The summed E-state index contributed by atoms with van der Waals surface area (Å²) in [5.41, 5.74) is 1.35. The molecule has 2 aromatic carbocycles. The molecule has 1 fully saturated rings. The largest absolute Gasteiger partial charge is 0.504 e. The van der Waals surface area contributed by atoms with Crippen molar-refractivity contribution in [3.63, 3.8) is 0 Å². The van der Waals surface area contributed by atoms with Gasteiger partial charge in [0.2, 0.25) is 6.29 Å². The molecule has 0 aliphatic carbocycles. The SMILES string of the molecule is CC(Cc1ccc(O)c(O[C@@H]2O[C@H](C(=O)O)[C@@H](O)[C@H](O)[C@H]2O)c1)C(C)Cc1ccc(O)c(OS(=O)(=O)O)c1. The number of benzene rings is 2. The molecule has 38 heavy (non-hydrogen) atoms. The topological polar surface area (TPSA) is 221 Å². The van der Waals surface area contributed by atoms with Gasteiger partial charge in [-0.15, -0.1) is 0 Å². The number of phenolic OH excluding ortho intramolecular Hbond substituents is 2. The molecule has 210 valence electrons. The predicted octanol–water partition coefficient (Wildman–Crippen LogP) is 0.608. The van der Waals surface area contributed by atoms with Gasteiger partial charge in [-0.2, -0.15) is 8.42 Å². The molecule has 0 aromatic heterocycles. The van der Waals surface area contributed by atoms with Gasteiger partial charge in [0.15, 0.2) is 29.1 Å². The third kappa shape index (κ3) is 7.24. The summed E-state index contributed by atoms with van der Waals surface area (Å²) < 4.78 is 45.8. The molecule has 14 heteroatoms. The van der Waals surface area contributed by atoms with E-state index in [1.807, 2.05) is 13.8 Å². The summed E-state index contributed by atoms with van der Waals surface area (Å²) in [6.45, 7) is 3.90. The van der Waals surface area contributed by atoms with Gasteiger partial charge in [-0.05, 0) is 60.1 Å². The third-order valence-corrected chi connectivity index (χ3v) is 6.78. The smallest absolute Gasteiger partial charge is 0.446 e. The van der Waals surface area contributed by atoms with Crippen LogP contribution in [0.1, 0.15) is 25.0 Å². The Balaban J connectivity index is 1.69. The number of carbonyl (C=O) groups is 1. The highest BCUT2D eigenvalue weighted by Crippen LogP contribution is 2.34. The van der Waals surface area contributed by atoms with E-state index in [2.05, 4.69) is 4.18 Å². The molecule has 7 N–H and O–H groups in total. The minimum absolute atomic E-state index is 0.0211. The molecule has 0 saturated carbocycles. The lowest BCUT2D eigenvalue weighted by Gasteiger charge is -2.38. The van der Waals surface area contributed by atoms with Gasteiger partial charge in [-0.25, -0.2) is 4.79 Å². The molecule has 2 unspecified atom stereocenters. The number of aliphatic hydroxyl groups excluding tert-OH is 3. The Morgan fingerprint density at radius 2 is 1.39 bits per heavy atom. The number of rotatable bonds is 10. The molecule has 0 radical (unpaired) electrons. The van der Waals surface area contributed by atoms with Crippen molar-refractivity contribution in [3.8, 4) is 23.0 Å². The van der Waals surface area contributed by atoms with Gasteiger partial charge in [0.05, 0.1) is 0 Å². The van der Waals surface area contributed by atoms with Crippen LogP contribution in [0.15, 0.2) is 36.4 Å². The lowest BCUT2D eigenvalue weighted by Crippen LogP contribution is -2.61. The molecule has 1 heterocycles. The van der Waals surface area contributed by atoms with E-state index in [0.29, 0.717) is 24.0 Å². The average Bonchev–Trinajstić information content (AvgIpc) is 2.82. The minimum Gasteiger partial charge on any atom is -0.504 e. The molecular weight excluding hydrogens is 528 g/mol. The van der Waals surface area contributed by atoms with Crippen LogP contribution in [0.5, 0.6) is 23.0 Å². The van der Waals surface area contributed by atoms with Crippen LogP contribution in [0.3, 0.4) is 0 Å². The molecule has 1 aliphatic rings. The molecule has 1 aliphatic heterocycles. The van der Waals surface area contributed by atoms with Crippen LogP contribution in [0, 0.1) is 11.8 Å². The molecular formula is C24H30O13S. The van der Waals surface area contributed by atoms with Crippen LogP contribution in [0.2, 0.25) is 0 Å². The van der Waals surface area contributed by atoms with Gasteiger partial charge in [0.1, 0.15) is 18.3 Å². The van der Waals surface area contributed by atoms with Crippen molar-refractivity contribution in [2.45, 2.75) is 57.4 Å². The van der Waals surface area contributed by atoms with E-state index in [1.165, 1.54) is 24.3 Å². The number of carboxylic acids is 1. The average molecular weight is 559 g/mol. The summed E-state index contributed by atoms with van der Waals surface area (Å²) in [7, 11) is -4.81. The molecule has 3 rings (SSSR count). The van der Waals surface area contributed by atoms with E-state index in [9.17, 15) is 43.9 Å². The number of ether oxygens (including phenoxy) is 2. The fraction of sp³-hybridized carbons (Fsp3) is 0.458. The standard InChI is InChI=1S/C24H30O13S/c1-11(12(2)8-14-4-6-16(26)18(10-14)37-38(32,33)34)7-13-3-5-15(25)17(9-13)35-24-21(29)19(27)20(28)22(36-24)23(30)31/h3-6,9-12,19-22,24-29H,7-8H2,1-2H3,(H,30,31)(H,32,33,34)/t11?,12?,19-,20-,21+,22-,24+/m0/s1. The Morgan fingerprint density at radius 1 is 0.895 bits per heavy atom. The zero-order valence-corrected chi connectivity index (χ0v) is 21.2. The van der Waals surface area contributed by atoms with Crippen LogP contribution >= 0.6 is 0 Å². The monoisotopic (exact) mass is 558 g/mol. The van der Waals surface area contributed by atoms with Crippen molar-refractivity contribution in [2.75, 3.05) is 0 Å². The Bertz CT molecular complexity index is 1250. The van der Waals surface area contributed by atoms with E-state index in [-0.39, 0.29) is 23.3 Å². The van der Waals surface area contributed by atoms with E-state index in [4.69, 9.17) is 14.0 Å². The molecule has 0 bridgehead atoms. The first-order valence-corrected chi connectivity index (χ1v) is 12.9. The summed E-state index contributed by atoms with van der Waals surface area (Å²) in [5, 5.41) is 59.2. The molecule has 1 saturated heterocycles. The quantitative estimate of drug-likeness (QED) is 0.199. The number of aliphatic carboxylic acids is 1. The van der Waals surface area contributed by atoms with Crippen molar-refractivity contribution in [3.05, 3.63) is 47.5 Å². The van der Waals surface area contributed by atoms with Gasteiger partial charge in [0, 0.05) is 0 Å². The van der Waals surface area contributed by atoms with Gasteiger partial charge in [0.25, 0.3) is 0 Å². The fourth-order valence-electron chi connectivity index (χ4n) is 4.07. The molecule has 0 spiro atoms. The van der Waals surface area contributed by atoms with Crippen LogP contribution in [0.25, 0.3) is 0 Å². The maximum Gasteiger partial charge on any atom is 0.446 e. The second-order valence-corrected chi connectivity index (χ2v) is 10.4. The summed E-state index contributed by atoms with van der Waals surface area (Å²) in [6, 6.07) is 8.61. The molecule has 2 aromatic rings. The Hall–Kier alpha value is -3.14. The number of carboxylic acid groups (broad SMARTS) is 1. The lowest BCUT2D eigenvalue weighted by molar-refractivity contribution is -0.271. The summed E-state index contributed by atoms with van der Waals surface area (Å²) in [5.74, 6) is -2.83. The number of phenols is 2. The van der Waals surface area contributed by atoms with Crippen molar-refractivity contribution < 1.29 is 62.1 Å². The normalized spacial score (nSPS) is 25.4. The summed E-state index contributed by atoms with van der Waals surface area (Å²) in [6.07, 6.45) is -8.12. The molecule has 0 amide bonds. The van der Waals surface area contributed by atoms with Gasteiger partial charge >= 0.3 is 16.4 Å². The first-order valence-electron chi connectivity index (χ1n) is 11.6. The fourth-order valence-corrected chi connectivity index (χ4v) is 4.43. The highest BCUT2D eigenvalue weighted by atomic mass is 32.3. The summed E-state index contributed by atoms with van der Waals surface area (Å²) in [4.78, 5) is 11.3. The van der Waals surface area contributed by atoms with Crippen LogP contribution in [-0.4, -0.2) is 80.3 Å². The Labute approximate surface area is 218 Å². The highest BCUT2D eigenvalue weighted by molar-refractivity contribution is 7.81. The number of hydrogen-bond donors (Lipinski definition) is 7. The maximum atomic E-state index is 11.3. The first kappa shape index (κ1) is 29.4. The predicted molar refractivity (Wildman–Crippen MR) is 129 cm³/mol. The number of aliphatic hydroxyl groups is 3. The second-order valence-electron chi connectivity index (χ2n) is 9.33. The van der Waals surface area contributed by atoms with Crippen LogP contribution < -0.4 is 8.92 Å². The zero-order valence-electron chi connectivity index (χ0n) is 20.4. The summed E-state index contributed by atoms with van der Waals surface area (Å²) >= 11 is 0. The molecule has 13 nitrogen and oxygen atoms in total. The van der Waals surface area contributed by atoms with E-state index in [0.717, 1.165) is 0 Å². The van der Waals surface area contributed by atoms with Crippen molar-refractivity contribution >= 4 is 16.4 Å². The number of aromatic hydroxyl groups is 2. The van der Waals surface area contributed by atoms with Crippen molar-refractivity contribution in [2.24, 2.45) is 11.8 Å². The van der Waals surface area contributed by atoms with E-state index in [1.54, 1.807) is 12.1 Å². The minimum atomic E-state index is -4.81. The first-order chi connectivity index (χ1) is 17.7. The molecule has 7 atom stereocenters. The number of hydrogen-bond acceptors (Lipinski definition) is 11. The van der Waals surface area contributed by atoms with Gasteiger partial charge in [-0.3, -0.25) is 4.55 Å².